The van der Waals surface area contributed by atoms with Crippen LogP contribution in [0, 0.1) is 11.3 Å². The fourth-order valence-electron chi connectivity index (χ4n) is 2.00. The molecule has 0 saturated heterocycles. The molecule has 1 aliphatic carbocycles. The van der Waals surface area contributed by atoms with Gasteiger partial charge in [0.05, 0.1) is 5.02 Å². The van der Waals surface area contributed by atoms with Gasteiger partial charge in [-0.2, -0.15) is 0 Å². The van der Waals surface area contributed by atoms with Crippen LogP contribution in [0.1, 0.15) is 26.7 Å². The summed E-state index contributed by atoms with van der Waals surface area (Å²) in [5, 5.41) is 0.201. The van der Waals surface area contributed by atoms with Crippen molar-refractivity contribution in [3.05, 3.63) is 23.5 Å². The third-order valence-electron chi connectivity index (χ3n) is 3.75. The van der Waals surface area contributed by atoms with E-state index in [0.29, 0.717) is 12.5 Å². The molecule has 0 bridgehead atoms. The molecule has 1 fully saturated rings. The molecule has 0 aromatic carbocycles. The van der Waals surface area contributed by atoms with Gasteiger partial charge in [-0.15, -0.1) is 0 Å². The van der Waals surface area contributed by atoms with E-state index in [1.54, 1.807) is 0 Å². The Morgan fingerprint density at radius 2 is 2.17 bits per heavy atom. The summed E-state index contributed by atoms with van der Waals surface area (Å²) in [5.74, 6) is 0.476. The normalized spacial score (nSPS) is 18.0. The highest BCUT2D eigenvalue weighted by atomic mass is 35.5. The van der Waals surface area contributed by atoms with Gasteiger partial charge in [0.1, 0.15) is 4.90 Å². The van der Waals surface area contributed by atoms with E-state index >= 15 is 0 Å². The molecule has 6 heteroatoms. The first-order chi connectivity index (χ1) is 8.37. The first-order valence-electron chi connectivity index (χ1n) is 5.97. The molecule has 0 atom stereocenters. The maximum absolute atomic E-state index is 12.1. The van der Waals surface area contributed by atoms with Crippen LogP contribution in [0.15, 0.2) is 23.4 Å². The van der Waals surface area contributed by atoms with Gasteiger partial charge in [0.15, 0.2) is 0 Å². The Labute approximate surface area is 113 Å². The lowest BCUT2D eigenvalue weighted by atomic mass is 9.93. The van der Waals surface area contributed by atoms with Crippen LogP contribution in [0.5, 0.6) is 0 Å². The number of nitrogens with zero attached hydrogens (tertiary/aromatic N) is 1. The van der Waals surface area contributed by atoms with Crippen LogP contribution in [0.25, 0.3) is 0 Å². The molecule has 0 spiro atoms. The zero-order chi connectivity index (χ0) is 13.4. The number of sulfonamides is 1. The van der Waals surface area contributed by atoms with Crippen LogP contribution < -0.4 is 4.72 Å². The number of rotatable bonds is 5. The van der Waals surface area contributed by atoms with Crippen molar-refractivity contribution in [2.75, 3.05) is 6.54 Å². The first-order valence-corrected chi connectivity index (χ1v) is 7.83. The van der Waals surface area contributed by atoms with Crippen molar-refractivity contribution in [2.24, 2.45) is 11.3 Å². The van der Waals surface area contributed by atoms with Crippen LogP contribution in [0.3, 0.4) is 0 Å². The smallest absolute Gasteiger partial charge is 0.243 e. The van der Waals surface area contributed by atoms with E-state index in [2.05, 4.69) is 23.6 Å². The molecule has 0 radical (unpaired) electrons. The van der Waals surface area contributed by atoms with Gasteiger partial charge in [-0.1, -0.05) is 25.4 Å². The summed E-state index contributed by atoms with van der Waals surface area (Å²) in [6, 6.07) is 1.48. The predicted octanol–water partition coefficient (Wildman–Crippen LogP) is 2.45. The van der Waals surface area contributed by atoms with Gasteiger partial charge in [0.25, 0.3) is 0 Å². The lowest BCUT2D eigenvalue weighted by Gasteiger charge is -2.20. The fraction of sp³-hybridized carbons (Fsp3) is 0.583. The third-order valence-corrected chi connectivity index (χ3v) is 5.63. The molecule has 1 aromatic rings. The standard InChI is InChI=1S/C12H17ClN2O2S/c1-9(2)12(4-5-12)8-15-18(16,17)11-7-14-6-3-10(11)13/h3,6-7,9,15H,4-5,8H2,1-2H3. The van der Waals surface area contributed by atoms with E-state index in [4.69, 9.17) is 11.6 Å². The molecule has 18 heavy (non-hydrogen) atoms. The highest BCUT2D eigenvalue weighted by Gasteiger charge is 2.45. The summed E-state index contributed by atoms with van der Waals surface area (Å²) >= 11 is 5.88. The average molecular weight is 289 g/mol. The number of halogens is 1. The second-order valence-electron chi connectivity index (χ2n) is 5.15. The summed E-state index contributed by atoms with van der Waals surface area (Å²) in [6.07, 6.45) is 4.90. The SMILES string of the molecule is CC(C)C1(CNS(=O)(=O)c2cnccc2Cl)CC1. The molecule has 2 rings (SSSR count). The van der Waals surface area contributed by atoms with Crippen molar-refractivity contribution in [1.29, 1.82) is 0 Å². The van der Waals surface area contributed by atoms with E-state index in [9.17, 15) is 8.42 Å². The number of nitrogens with one attached hydrogen (secondary N) is 1. The van der Waals surface area contributed by atoms with Crippen molar-refractivity contribution in [3.8, 4) is 0 Å². The third kappa shape index (κ3) is 2.68. The van der Waals surface area contributed by atoms with Gasteiger partial charge < -0.3 is 0 Å². The number of hydrogen-bond donors (Lipinski definition) is 1. The van der Waals surface area contributed by atoms with E-state index in [1.165, 1.54) is 18.5 Å². The van der Waals surface area contributed by atoms with Gasteiger partial charge in [-0.25, -0.2) is 13.1 Å². The number of pyridine rings is 1. The summed E-state index contributed by atoms with van der Waals surface area (Å²) < 4.78 is 26.9. The first kappa shape index (κ1) is 13.8. The van der Waals surface area contributed by atoms with Crippen molar-refractivity contribution in [3.63, 3.8) is 0 Å². The highest BCUT2D eigenvalue weighted by molar-refractivity contribution is 7.89. The van der Waals surface area contributed by atoms with E-state index in [0.717, 1.165) is 12.8 Å². The second-order valence-corrected chi connectivity index (χ2v) is 7.29. The predicted molar refractivity (Wildman–Crippen MR) is 70.9 cm³/mol. The Balaban J connectivity index is 2.12. The van der Waals surface area contributed by atoms with E-state index < -0.39 is 10.0 Å². The minimum Gasteiger partial charge on any atom is -0.263 e. The monoisotopic (exact) mass is 288 g/mol. The molecule has 1 aliphatic rings. The summed E-state index contributed by atoms with van der Waals surface area (Å²) in [7, 11) is -3.56. The van der Waals surface area contributed by atoms with Crippen LogP contribution >= 0.6 is 11.6 Å². The van der Waals surface area contributed by atoms with E-state index in [-0.39, 0.29) is 15.3 Å². The fourth-order valence-corrected chi connectivity index (χ4v) is 3.56. The van der Waals surface area contributed by atoms with Gasteiger partial charge in [-0.3, -0.25) is 4.98 Å². The van der Waals surface area contributed by atoms with Crippen molar-refractivity contribution >= 4 is 21.6 Å². The number of hydrogen-bond acceptors (Lipinski definition) is 3. The van der Waals surface area contributed by atoms with Crippen LogP contribution in [-0.4, -0.2) is 19.9 Å². The second kappa shape index (κ2) is 4.79. The molecule has 1 N–H and O–H groups in total. The van der Waals surface area contributed by atoms with Crippen molar-refractivity contribution in [1.82, 2.24) is 9.71 Å². The summed E-state index contributed by atoms with van der Waals surface area (Å²) in [6.45, 7) is 4.72. The molecular weight excluding hydrogens is 272 g/mol. The lowest BCUT2D eigenvalue weighted by Crippen LogP contribution is -2.32. The molecule has 0 amide bonds. The maximum atomic E-state index is 12.1. The average Bonchev–Trinajstić information content (AvgIpc) is 3.08. The lowest BCUT2D eigenvalue weighted by molar-refractivity contribution is 0.357. The topological polar surface area (TPSA) is 59.1 Å². The highest BCUT2D eigenvalue weighted by Crippen LogP contribution is 2.51. The zero-order valence-electron chi connectivity index (χ0n) is 10.5. The Morgan fingerprint density at radius 3 is 2.67 bits per heavy atom. The van der Waals surface area contributed by atoms with Crippen LogP contribution in [0.2, 0.25) is 5.02 Å². The Morgan fingerprint density at radius 1 is 1.50 bits per heavy atom. The number of aromatic nitrogens is 1. The van der Waals surface area contributed by atoms with Crippen molar-refractivity contribution < 1.29 is 8.42 Å². The molecule has 1 heterocycles. The van der Waals surface area contributed by atoms with Crippen LogP contribution in [-0.2, 0) is 10.0 Å². The molecule has 1 aromatic heterocycles. The van der Waals surface area contributed by atoms with E-state index in [1.807, 2.05) is 0 Å². The summed E-state index contributed by atoms with van der Waals surface area (Å²) in [5.41, 5.74) is 0.127. The molecular formula is C12H17ClN2O2S. The molecule has 0 aliphatic heterocycles. The molecule has 1 saturated carbocycles. The Bertz CT molecular complexity index is 539. The quantitative estimate of drug-likeness (QED) is 0.905. The van der Waals surface area contributed by atoms with Crippen LogP contribution in [0.4, 0.5) is 0 Å². The molecule has 4 nitrogen and oxygen atoms in total. The minimum absolute atomic E-state index is 0.0474. The minimum atomic E-state index is -3.56. The summed E-state index contributed by atoms with van der Waals surface area (Å²) in [4.78, 5) is 3.85. The Hall–Kier alpha value is -0.650. The Kier molecular flexibility index (Phi) is 3.67. The maximum Gasteiger partial charge on any atom is 0.243 e. The molecule has 100 valence electrons. The van der Waals surface area contributed by atoms with Gasteiger partial charge in [-0.05, 0) is 30.2 Å². The largest absolute Gasteiger partial charge is 0.263 e. The molecule has 0 unspecified atom stereocenters. The van der Waals surface area contributed by atoms with Gasteiger partial charge >= 0.3 is 0 Å². The van der Waals surface area contributed by atoms with Crippen molar-refractivity contribution in [2.45, 2.75) is 31.6 Å². The van der Waals surface area contributed by atoms with Gasteiger partial charge in [0, 0.05) is 18.9 Å². The van der Waals surface area contributed by atoms with Gasteiger partial charge in [0.2, 0.25) is 10.0 Å². The zero-order valence-corrected chi connectivity index (χ0v) is 12.1.